The van der Waals surface area contributed by atoms with Crippen molar-refractivity contribution in [1.82, 2.24) is 4.90 Å². The van der Waals surface area contributed by atoms with Crippen molar-refractivity contribution in [3.8, 4) is 10.4 Å². The summed E-state index contributed by atoms with van der Waals surface area (Å²) in [5, 5.41) is 7.72. The number of rotatable bonds is 7. The van der Waals surface area contributed by atoms with E-state index in [-0.39, 0.29) is 18.2 Å². The van der Waals surface area contributed by atoms with Gasteiger partial charge in [-0.2, -0.15) is 0 Å². The molecule has 3 heterocycles. The number of carbonyl (C=O) groups is 3. The molecule has 2 aliphatic rings. The Kier molecular flexibility index (Phi) is 8.23. The molecular weight excluding hydrogens is 524 g/mol. The van der Waals surface area contributed by atoms with Gasteiger partial charge in [0, 0.05) is 29.2 Å². The number of piperidine rings is 1. The number of amides is 3. The number of hydrogen-bond acceptors (Lipinski definition) is 6. The van der Waals surface area contributed by atoms with Crippen LogP contribution in [0.25, 0.3) is 10.4 Å². The van der Waals surface area contributed by atoms with Gasteiger partial charge in [-0.15, -0.1) is 11.3 Å². The van der Waals surface area contributed by atoms with Gasteiger partial charge in [0.25, 0.3) is 5.91 Å². The van der Waals surface area contributed by atoms with Crippen LogP contribution in [0.3, 0.4) is 0 Å². The van der Waals surface area contributed by atoms with Gasteiger partial charge in [0.1, 0.15) is 5.60 Å². The largest absolute Gasteiger partial charge is 0.444 e. The molecule has 8 nitrogen and oxygen atoms in total. The van der Waals surface area contributed by atoms with E-state index in [1.54, 1.807) is 50.3 Å². The first kappa shape index (κ1) is 27.9. The second kappa shape index (κ2) is 11.8. The first-order valence-electron chi connectivity index (χ1n) is 13.8. The number of benzene rings is 2. The first-order valence-corrected chi connectivity index (χ1v) is 14.7. The van der Waals surface area contributed by atoms with Crippen molar-refractivity contribution in [1.29, 1.82) is 0 Å². The molecule has 0 bridgehead atoms. The standard InChI is InChI=1S/C31H36N4O4S/c1-31(2,3)39-30(38)33-24-11-9-21(27-8-7-17-40-27)19-25(24)32-29(37)22-10-12-26-23(18-22)20-28(36)35(26)16-15-34-13-5-4-6-14-34/h7-12,17-19H,4-6,13-16,20H2,1-3H3,(H,32,37)(H,33,38). The molecule has 0 spiro atoms. The van der Waals surface area contributed by atoms with Gasteiger partial charge in [-0.3, -0.25) is 14.9 Å². The van der Waals surface area contributed by atoms with E-state index in [1.807, 2.05) is 40.6 Å². The highest BCUT2D eigenvalue weighted by Gasteiger charge is 2.28. The van der Waals surface area contributed by atoms with Crippen LogP contribution >= 0.6 is 11.3 Å². The quantitative estimate of drug-likeness (QED) is 0.350. The summed E-state index contributed by atoms with van der Waals surface area (Å²) in [6.45, 7) is 9.08. The van der Waals surface area contributed by atoms with Crippen LogP contribution in [0, 0.1) is 0 Å². The zero-order valence-corrected chi connectivity index (χ0v) is 24.1. The Labute approximate surface area is 239 Å². The molecule has 2 aromatic carbocycles. The molecule has 1 saturated heterocycles. The predicted octanol–water partition coefficient (Wildman–Crippen LogP) is 6.39. The molecule has 210 valence electrons. The van der Waals surface area contributed by atoms with Crippen LogP contribution < -0.4 is 15.5 Å². The summed E-state index contributed by atoms with van der Waals surface area (Å²) in [6, 6.07) is 14.9. The third kappa shape index (κ3) is 6.71. The maximum Gasteiger partial charge on any atom is 0.412 e. The molecule has 5 rings (SSSR count). The third-order valence-corrected chi connectivity index (χ3v) is 7.99. The Balaban J connectivity index is 1.33. The Morgan fingerprint density at radius 1 is 0.950 bits per heavy atom. The molecule has 1 fully saturated rings. The highest BCUT2D eigenvalue weighted by atomic mass is 32.1. The van der Waals surface area contributed by atoms with Crippen LogP contribution in [0.1, 0.15) is 56.0 Å². The fourth-order valence-corrected chi connectivity index (χ4v) is 5.88. The van der Waals surface area contributed by atoms with E-state index in [0.29, 0.717) is 23.5 Å². The molecule has 3 aromatic rings. The van der Waals surface area contributed by atoms with Crippen molar-refractivity contribution >= 4 is 46.3 Å². The van der Waals surface area contributed by atoms with Crippen molar-refractivity contribution in [3.05, 3.63) is 65.0 Å². The van der Waals surface area contributed by atoms with Gasteiger partial charge in [-0.05, 0) is 99.6 Å². The lowest BCUT2D eigenvalue weighted by Gasteiger charge is -2.28. The lowest BCUT2D eigenvalue weighted by atomic mass is 10.1. The number of hydrogen-bond donors (Lipinski definition) is 2. The molecule has 0 aliphatic carbocycles. The SMILES string of the molecule is CC(C)(C)OC(=O)Nc1ccc(-c2cccs2)cc1NC(=O)c1ccc2c(c1)CC(=O)N2CCN1CCCCC1. The monoisotopic (exact) mass is 560 g/mol. The molecule has 9 heteroatoms. The lowest BCUT2D eigenvalue weighted by molar-refractivity contribution is -0.117. The Morgan fingerprint density at radius 2 is 1.75 bits per heavy atom. The molecule has 0 radical (unpaired) electrons. The van der Waals surface area contributed by atoms with Crippen molar-refractivity contribution in [2.75, 3.05) is 41.7 Å². The average Bonchev–Trinajstić information content (AvgIpc) is 3.55. The van der Waals surface area contributed by atoms with Crippen molar-refractivity contribution in [3.63, 3.8) is 0 Å². The normalized spacial score (nSPS) is 15.6. The van der Waals surface area contributed by atoms with E-state index >= 15 is 0 Å². The Hall–Kier alpha value is -3.69. The topological polar surface area (TPSA) is 91.0 Å². The summed E-state index contributed by atoms with van der Waals surface area (Å²) in [6.07, 6.45) is 3.40. The van der Waals surface area contributed by atoms with Crippen molar-refractivity contribution < 1.29 is 19.1 Å². The fourth-order valence-electron chi connectivity index (χ4n) is 5.15. The summed E-state index contributed by atoms with van der Waals surface area (Å²) >= 11 is 1.59. The van der Waals surface area contributed by atoms with E-state index in [4.69, 9.17) is 4.74 Å². The zero-order chi connectivity index (χ0) is 28.3. The van der Waals surface area contributed by atoms with E-state index in [9.17, 15) is 14.4 Å². The number of anilines is 3. The number of carbonyl (C=O) groups excluding carboxylic acids is 3. The van der Waals surface area contributed by atoms with Crippen molar-refractivity contribution in [2.45, 2.75) is 52.1 Å². The smallest absolute Gasteiger partial charge is 0.412 e. The summed E-state index contributed by atoms with van der Waals surface area (Å²) in [4.78, 5) is 44.1. The van der Waals surface area contributed by atoms with Gasteiger partial charge >= 0.3 is 6.09 Å². The number of thiophene rings is 1. The Morgan fingerprint density at radius 3 is 2.48 bits per heavy atom. The molecule has 3 amide bonds. The van der Waals surface area contributed by atoms with Crippen LogP contribution in [0.4, 0.5) is 21.9 Å². The highest BCUT2D eigenvalue weighted by molar-refractivity contribution is 7.13. The highest BCUT2D eigenvalue weighted by Crippen LogP contribution is 2.33. The summed E-state index contributed by atoms with van der Waals surface area (Å²) in [5.74, 6) is -0.255. The molecule has 0 saturated carbocycles. The number of nitrogens with zero attached hydrogens (tertiary/aromatic N) is 2. The number of fused-ring (bicyclic) bond motifs is 1. The van der Waals surface area contributed by atoms with E-state index in [0.717, 1.165) is 41.3 Å². The van der Waals surface area contributed by atoms with Crippen LogP contribution in [-0.4, -0.2) is 54.6 Å². The lowest BCUT2D eigenvalue weighted by Crippen LogP contribution is -2.39. The van der Waals surface area contributed by atoms with Crippen LogP contribution in [0.5, 0.6) is 0 Å². The van der Waals surface area contributed by atoms with Gasteiger partial charge in [-0.25, -0.2) is 4.79 Å². The molecule has 1 aromatic heterocycles. The number of ether oxygens (including phenoxy) is 1. The van der Waals surface area contributed by atoms with Gasteiger partial charge in [0.15, 0.2) is 0 Å². The average molecular weight is 561 g/mol. The maximum atomic E-state index is 13.4. The Bertz CT molecular complexity index is 1390. The molecular formula is C31H36N4O4S. The van der Waals surface area contributed by atoms with Gasteiger partial charge in [-0.1, -0.05) is 18.6 Å². The minimum Gasteiger partial charge on any atom is -0.444 e. The molecule has 2 N–H and O–H groups in total. The van der Waals surface area contributed by atoms with Gasteiger partial charge in [0.2, 0.25) is 5.91 Å². The molecule has 40 heavy (non-hydrogen) atoms. The van der Waals surface area contributed by atoms with Crippen LogP contribution in [-0.2, 0) is 16.0 Å². The van der Waals surface area contributed by atoms with Gasteiger partial charge in [0.05, 0.1) is 17.8 Å². The van der Waals surface area contributed by atoms with E-state index in [1.165, 1.54) is 19.3 Å². The second-order valence-electron chi connectivity index (χ2n) is 11.3. The summed E-state index contributed by atoms with van der Waals surface area (Å²) in [5.41, 5.74) is 3.34. The number of nitrogens with one attached hydrogen (secondary N) is 2. The summed E-state index contributed by atoms with van der Waals surface area (Å²) in [7, 11) is 0. The first-order chi connectivity index (χ1) is 19.2. The van der Waals surface area contributed by atoms with Gasteiger partial charge < -0.3 is 19.9 Å². The predicted molar refractivity (Wildman–Crippen MR) is 160 cm³/mol. The van der Waals surface area contributed by atoms with Crippen molar-refractivity contribution in [2.24, 2.45) is 0 Å². The molecule has 0 unspecified atom stereocenters. The fraction of sp³-hybridized carbons (Fsp3) is 0.387. The van der Waals surface area contributed by atoms with E-state index < -0.39 is 11.7 Å². The molecule has 2 aliphatic heterocycles. The minimum atomic E-state index is -0.659. The van der Waals surface area contributed by atoms with Crippen LogP contribution in [0.15, 0.2) is 53.9 Å². The second-order valence-corrected chi connectivity index (χ2v) is 12.2. The van der Waals surface area contributed by atoms with Crippen LogP contribution in [0.2, 0.25) is 0 Å². The van der Waals surface area contributed by atoms with E-state index in [2.05, 4.69) is 15.5 Å². The maximum absolute atomic E-state index is 13.4. The molecule has 0 atom stereocenters. The summed E-state index contributed by atoms with van der Waals surface area (Å²) < 4.78 is 5.42. The zero-order valence-electron chi connectivity index (χ0n) is 23.3. The number of likely N-dealkylation sites (tertiary alicyclic amines) is 1. The third-order valence-electron chi connectivity index (χ3n) is 7.07. The minimum absolute atomic E-state index is 0.0667.